The molecule has 2 aromatic heterocycles. The molecule has 0 fully saturated rings. The van der Waals surface area contributed by atoms with Crippen molar-refractivity contribution in [3.05, 3.63) is 115 Å². The molecule has 5 aromatic rings. The van der Waals surface area contributed by atoms with E-state index in [2.05, 4.69) is 110 Å². The Labute approximate surface area is 193 Å². The van der Waals surface area contributed by atoms with Gasteiger partial charge in [0.05, 0.1) is 6.04 Å². The topological polar surface area (TPSA) is 79.4 Å². The van der Waals surface area contributed by atoms with Crippen LogP contribution in [-0.4, -0.2) is 25.6 Å². The highest BCUT2D eigenvalue weighted by Crippen LogP contribution is 2.22. The first-order valence-electron chi connectivity index (χ1n) is 11.1. The van der Waals surface area contributed by atoms with Crippen molar-refractivity contribution in [2.75, 3.05) is 0 Å². The number of aromatic amines is 1. The smallest absolute Gasteiger partial charge is 0.165 e. The number of nitrogens with zero attached hydrogens (tertiary/aromatic N) is 4. The van der Waals surface area contributed by atoms with E-state index in [0.29, 0.717) is 0 Å². The number of pyridine rings is 1. The maximum Gasteiger partial charge on any atom is 0.165 e. The summed E-state index contributed by atoms with van der Waals surface area (Å²) in [5.74, 6) is 0.724. The van der Waals surface area contributed by atoms with Crippen molar-refractivity contribution in [2.45, 2.75) is 25.3 Å². The van der Waals surface area contributed by atoms with E-state index in [1.807, 2.05) is 18.3 Å². The molecule has 0 aliphatic heterocycles. The molecule has 163 valence electrons. The van der Waals surface area contributed by atoms with Crippen molar-refractivity contribution in [2.24, 2.45) is 0 Å². The summed E-state index contributed by atoms with van der Waals surface area (Å²) in [6, 6.07) is 29.5. The maximum absolute atomic E-state index is 4.59. The summed E-state index contributed by atoms with van der Waals surface area (Å²) < 4.78 is 0. The number of benzene rings is 3. The van der Waals surface area contributed by atoms with Crippen LogP contribution in [0.3, 0.4) is 0 Å². The average Bonchev–Trinajstić information content (AvgIpc) is 3.42. The second kappa shape index (κ2) is 10.1. The molecule has 2 N–H and O–H groups in total. The number of tetrazole rings is 1. The van der Waals surface area contributed by atoms with E-state index in [1.54, 1.807) is 0 Å². The average molecular weight is 434 g/mol. The normalized spacial score (nSPS) is 12.1. The first kappa shape index (κ1) is 21.0. The number of H-pyrrole nitrogens is 1. The molecule has 0 spiro atoms. The minimum absolute atomic E-state index is 0.0351. The van der Waals surface area contributed by atoms with Gasteiger partial charge in [-0.3, -0.25) is 4.98 Å². The number of rotatable bonds is 9. The number of aromatic nitrogens is 5. The molecule has 1 radical (unpaired) electrons. The highest BCUT2D eigenvalue weighted by Gasteiger charge is 2.16. The lowest BCUT2D eigenvalue weighted by Crippen LogP contribution is -2.22. The van der Waals surface area contributed by atoms with Crippen molar-refractivity contribution in [3.63, 3.8) is 0 Å². The Morgan fingerprint density at radius 3 is 2.39 bits per heavy atom. The fraction of sp³-hybridized carbons (Fsp3) is 0.148. The van der Waals surface area contributed by atoms with Crippen molar-refractivity contribution in [1.29, 1.82) is 0 Å². The summed E-state index contributed by atoms with van der Waals surface area (Å²) in [6.07, 6.45) is 4.44. The van der Waals surface area contributed by atoms with Gasteiger partial charge in [0.1, 0.15) is 0 Å². The van der Waals surface area contributed by atoms with E-state index in [1.165, 1.54) is 27.5 Å². The van der Waals surface area contributed by atoms with Gasteiger partial charge < -0.3 is 5.32 Å². The Balaban J connectivity index is 1.20. The molecule has 0 bridgehead atoms. The fourth-order valence-electron chi connectivity index (χ4n) is 3.96. The molecule has 0 saturated heterocycles. The number of aryl methyl sites for hydroxylation is 1. The summed E-state index contributed by atoms with van der Waals surface area (Å²) in [5, 5.41) is 20.4. The van der Waals surface area contributed by atoms with E-state index in [4.69, 9.17) is 0 Å². The Morgan fingerprint density at radius 1 is 0.848 bits per heavy atom. The number of nitrogens with one attached hydrogen (secondary N) is 2. The van der Waals surface area contributed by atoms with Crippen molar-refractivity contribution < 1.29 is 0 Å². The van der Waals surface area contributed by atoms with Crippen molar-refractivity contribution in [1.82, 2.24) is 30.9 Å². The van der Waals surface area contributed by atoms with Crippen LogP contribution < -0.4 is 5.32 Å². The van der Waals surface area contributed by atoms with Gasteiger partial charge in [-0.15, -0.1) is 5.10 Å². The van der Waals surface area contributed by atoms with Crippen molar-refractivity contribution >= 4 is 10.8 Å². The standard InChI is InChI=1S/C27H25N6/c1-2-7-21(8-3-1)22-14-12-20(13-15-22)17-26(27-30-32-33-31-27)28-16-6-11-25-18-23-9-4-5-10-24(23)19-29-25/h1-5,7-10,12-16,18-19,26,28H,6,11,17H2,(H,30,31,32,33). The molecule has 0 aliphatic carbocycles. The Bertz CT molecular complexity index is 1280. The lowest BCUT2D eigenvalue weighted by atomic mass is 10.0. The Hall–Kier alpha value is -3.90. The molecule has 1 atom stereocenters. The molecule has 33 heavy (non-hydrogen) atoms. The van der Waals surface area contributed by atoms with Crippen LogP contribution in [0.4, 0.5) is 0 Å². The molecule has 5 rings (SSSR count). The predicted molar refractivity (Wildman–Crippen MR) is 130 cm³/mol. The zero-order valence-corrected chi connectivity index (χ0v) is 18.2. The van der Waals surface area contributed by atoms with Crippen LogP contribution in [0.5, 0.6) is 0 Å². The Morgan fingerprint density at radius 2 is 1.61 bits per heavy atom. The summed E-state index contributed by atoms with van der Waals surface area (Å²) in [6.45, 7) is 2.09. The van der Waals surface area contributed by atoms with E-state index >= 15 is 0 Å². The minimum atomic E-state index is -0.0351. The summed E-state index contributed by atoms with van der Waals surface area (Å²) in [4.78, 5) is 4.59. The zero-order valence-electron chi connectivity index (χ0n) is 18.2. The highest BCUT2D eigenvalue weighted by molar-refractivity contribution is 5.81. The van der Waals surface area contributed by atoms with E-state index in [-0.39, 0.29) is 6.04 Å². The number of fused-ring (bicyclic) bond motifs is 1. The quantitative estimate of drug-likeness (QED) is 0.317. The van der Waals surface area contributed by atoms with Gasteiger partial charge in [-0.2, -0.15) is 0 Å². The molecule has 3 aromatic carbocycles. The number of hydrogen-bond donors (Lipinski definition) is 2. The Kier molecular flexibility index (Phi) is 6.45. The first-order valence-corrected chi connectivity index (χ1v) is 11.1. The molecule has 6 nitrogen and oxygen atoms in total. The van der Waals surface area contributed by atoms with Gasteiger partial charge in [-0.25, -0.2) is 5.10 Å². The molecule has 6 heteroatoms. The zero-order chi connectivity index (χ0) is 22.3. The van der Waals surface area contributed by atoms with Crippen LogP contribution in [0, 0.1) is 6.54 Å². The van der Waals surface area contributed by atoms with Crippen molar-refractivity contribution in [3.8, 4) is 11.1 Å². The molecule has 0 amide bonds. The van der Waals surface area contributed by atoms with Gasteiger partial charge in [-0.05, 0) is 57.8 Å². The van der Waals surface area contributed by atoms with E-state index in [9.17, 15) is 0 Å². The largest absolute Gasteiger partial charge is 0.303 e. The third-order valence-electron chi connectivity index (χ3n) is 5.74. The summed E-state index contributed by atoms with van der Waals surface area (Å²) in [5.41, 5.74) is 4.72. The molecule has 1 unspecified atom stereocenters. The molecular weight excluding hydrogens is 408 g/mol. The lowest BCUT2D eigenvalue weighted by Gasteiger charge is -2.16. The van der Waals surface area contributed by atoms with E-state index < -0.39 is 0 Å². The second-order valence-electron chi connectivity index (χ2n) is 8.04. The highest BCUT2D eigenvalue weighted by atomic mass is 15.5. The monoisotopic (exact) mass is 433 g/mol. The van der Waals surface area contributed by atoms with Gasteiger partial charge in [0, 0.05) is 23.8 Å². The third-order valence-corrected chi connectivity index (χ3v) is 5.74. The molecular formula is C27H25N6. The van der Waals surface area contributed by atoms with E-state index in [0.717, 1.165) is 30.8 Å². The predicted octanol–water partition coefficient (Wildman–Crippen LogP) is 5.08. The minimum Gasteiger partial charge on any atom is -0.303 e. The maximum atomic E-state index is 4.59. The van der Waals surface area contributed by atoms with Crippen LogP contribution >= 0.6 is 0 Å². The van der Waals surface area contributed by atoms with Gasteiger partial charge in [0.25, 0.3) is 0 Å². The second-order valence-corrected chi connectivity index (χ2v) is 8.04. The number of hydrogen-bond acceptors (Lipinski definition) is 5. The van der Waals surface area contributed by atoms with Crippen LogP contribution in [0.15, 0.2) is 91.1 Å². The molecule has 0 aliphatic rings. The van der Waals surface area contributed by atoms with Crippen LogP contribution in [-0.2, 0) is 12.8 Å². The van der Waals surface area contributed by atoms with Gasteiger partial charge in [-0.1, -0.05) is 78.9 Å². The molecule has 2 heterocycles. The van der Waals surface area contributed by atoms with Crippen LogP contribution in [0.25, 0.3) is 21.9 Å². The summed E-state index contributed by atoms with van der Waals surface area (Å²) in [7, 11) is 0. The fourth-order valence-corrected chi connectivity index (χ4v) is 3.96. The third kappa shape index (κ3) is 5.30. The molecule has 0 saturated carbocycles. The summed E-state index contributed by atoms with van der Waals surface area (Å²) >= 11 is 0. The van der Waals surface area contributed by atoms with Gasteiger partial charge in [0.2, 0.25) is 0 Å². The SMILES string of the molecule is [CH](CCc1cc2ccccc2cn1)NC(Cc1ccc(-c2ccccc2)cc1)c1nnn[nH]1. The lowest BCUT2D eigenvalue weighted by molar-refractivity contribution is 0.541. The van der Waals surface area contributed by atoms with Gasteiger partial charge >= 0.3 is 0 Å². The van der Waals surface area contributed by atoms with Crippen LogP contribution in [0.2, 0.25) is 0 Å². The van der Waals surface area contributed by atoms with Gasteiger partial charge in [0.15, 0.2) is 5.82 Å². The van der Waals surface area contributed by atoms with Crippen LogP contribution in [0.1, 0.15) is 29.5 Å². The first-order chi connectivity index (χ1) is 16.3.